The van der Waals surface area contributed by atoms with Gasteiger partial charge >= 0.3 is 0 Å². The molecule has 1 amide bonds. The van der Waals surface area contributed by atoms with Crippen molar-refractivity contribution < 1.29 is 4.79 Å². The summed E-state index contributed by atoms with van der Waals surface area (Å²) in [5.74, 6) is -0.152. The smallest absolute Gasteiger partial charge is 0.238 e. The van der Waals surface area contributed by atoms with Crippen molar-refractivity contribution in [2.75, 3.05) is 11.9 Å². The molecule has 0 aliphatic carbocycles. The Labute approximate surface area is 151 Å². The van der Waals surface area contributed by atoms with E-state index in [1.54, 1.807) is 12.3 Å². The lowest BCUT2D eigenvalue weighted by Crippen LogP contribution is -2.31. The number of hydrogen-bond donors (Lipinski definition) is 2. The van der Waals surface area contributed by atoms with Crippen LogP contribution in [0.4, 0.5) is 5.69 Å². The Bertz CT molecular complexity index is 785. The number of halogens is 1. The number of aromatic nitrogens is 1. The van der Waals surface area contributed by atoms with Gasteiger partial charge in [-0.3, -0.25) is 15.1 Å². The largest absolute Gasteiger partial charge is 0.324 e. The highest BCUT2D eigenvalue weighted by atomic mass is 35.5. The maximum absolute atomic E-state index is 12.2. The van der Waals surface area contributed by atoms with E-state index in [2.05, 4.69) is 15.6 Å². The normalized spacial score (nSPS) is 10.6. The molecular formula is C20H18ClN3O. The third-order valence-corrected chi connectivity index (χ3v) is 3.93. The van der Waals surface area contributed by atoms with Gasteiger partial charge in [0.1, 0.15) is 0 Å². The van der Waals surface area contributed by atoms with Gasteiger partial charge in [0, 0.05) is 6.20 Å². The quantitative estimate of drug-likeness (QED) is 0.704. The fraction of sp³-hybridized carbons (Fsp3) is 0.100. The molecular weight excluding hydrogens is 334 g/mol. The molecule has 5 heteroatoms. The number of amides is 1. The minimum absolute atomic E-state index is 0.0642. The van der Waals surface area contributed by atoms with Gasteiger partial charge in [0.15, 0.2) is 0 Å². The van der Waals surface area contributed by atoms with Gasteiger partial charge in [-0.05, 0) is 17.2 Å². The molecule has 1 heterocycles. The van der Waals surface area contributed by atoms with Crippen molar-refractivity contribution >= 4 is 23.2 Å². The minimum atomic E-state index is -0.152. The first kappa shape index (κ1) is 17.1. The predicted octanol–water partition coefficient (Wildman–Crippen LogP) is 4.05. The van der Waals surface area contributed by atoms with Crippen molar-refractivity contribution in [3.8, 4) is 0 Å². The first-order chi connectivity index (χ1) is 12.2. The summed E-state index contributed by atoms with van der Waals surface area (Å²) in [4.78, 5) is 16.2. The van der Waals surface area contributed by atoms with Crippen LogP contribution >= 0.6 is 11.6 Å². The molecule has 0 bridgehead atoms. The van der Waals surface area contributed by atoms with E-state index in [0.717, 1.165) is 11.1 Å². The van der Waals surface area contributed by atoms with Crippen molar-refractivity contribution in [2.24, 2.45) is 0 Å². The monoisotopic (exact) mass is 351 g/mol. The van der Waals surface area contributed by atoms with Crippen LogP contribution in [0.2, 0.25) is 5.02 Å². The number of pyridine rings is 1. The average molecular weight is 352 g/mol. The van der Waals surface area contributed by atoms with E-state index in [4.69, 9.17) is 11.6 Å². The number of carbonyl (C=O) groups excluding carboxylic acids is 1. The molecule has 0 radical (unpaired) electrons. The highest BCUT2D eigenvalue weighted by Crippen LogP contribution is 2.21. The van der Waals surface area contributed by atoms with Crippen LogP contribution < -0.4 is 10.6 Å². The fourth-order valence-corrected chi connectivity index (χ4v) is 2.77. The number of rotatable bonds is 6. The molecule has 2 N–H and O–H groups in total. The highest BCUT2D eigenvalue weighted by molar-refractivity contribution is 6.30. The van der Waals surface area contributed by atoms with Crippen molar-refractivity contribution in [3.63, 3.8) is 0 Å². The van der Waals surface area contributed by atoms with Gasteiger partial charge in [-0.2, -0.15) is 0 Å². The van der Waals surface area contributed by atoms with Gasteiger partial charge in [-0.1, -0.05) is 72.3 Å². The Morgan fingerprint density at radius 3 is 2.12 bits per heavy atom. The topological polar surface area (TPSA) is 54.0 Å². The van der Waals surface area contributed by atoms with E-state index in [9.17, 15) is 4.79 Å². The SMILES string of the molecule is O=C(CNC(c1ccccc1)c1ccccc1)Nc1cncc(Cl)c1. The van der Waals surface area contributed by atoms with Gasteiger partial charge in [-0.15, -0.1) is 0 Å². The van der Waals surface area contributed by atoms with E-state index < -0.39 is 0 Å². The standard InChI is InChI=1S/C20H18ClN3O/c21-17-11-18(13-22-12-17)24-19(25)14-23-20(15-7-3-1-4-8-15)16-9-5-2-6-10-16/h1-13,20,23H,14H2,(H,24,25). The third kappa shape index (κ3) is 4.89. The lowest BCUT2D eigenvalue weighted by Gasteiger charge is -2.19. The van der Waals surface area contributed by atoms with Crippen LogP contribution in [0.1, 0.15) is 17.2 Å². The molecule has 0 aliphatic heterocycles. The Morgan fingerprint density at radius 2 is 1.56 bits per heavy atom. The van der Waals surface area contributed by atoms with Crippen molar-refractivity contribution in [3.05, 3.63) is 95.3 Å². The second kappa shape index (κ2) is 8.42. The summed E-state index contributed by atoms with van der Waals surface area (Å²) in [6.07, 6.45) is 3.09. The van der Waals surface area contributed by atoms with Gasteiger partial charge in [0.2, 0.25) is 5.91 Å². The van der Waals surface area contributed by atoms with Crippen LogP contribution in [0.3, 0.4) is 0 Å². The summed E-state index contributed by atoms with van der Waals surface area (Å²) in [6, 6.07) is 21.7. The fourth-order valence-electron chi connectivity index (χ4n) is 2.60. The van der Waals surface area contributed by atoms with Gasteiger partial charge in [-0.25, -0.2) is 0 Å². The Kier molecular flexibility index (Phi) is 5.77. The number of anilines is 1. The molecule has 3 rings (SSSR count). The zero-order valence-corrected chi connectivity index (χ0v) is 14.3. The molecule has 0 aliphatic rings. The van der Waals surface area contributed by atoms with Crippen molar-refractivity contribution in [2.45, 2.75) is 6.04 Å². The van der Waals surface area contributed by atoms with Crippen molar-refractivity contribution in [1.82, 2.24) is 10.3 Å². The lowest BCUT2D eigenvalue weighted by atomic mass is 9.99. The first-order valence-electron chi connectivity index (χ1n) is 7.96. The summed E-state index contributed by atoms with van der Waals surface area (Å²) in [7, 11) is 0. The van der Waals surface area contributed by atoms with Gasteiger partial charge in [0.25, 0.3) is 0 Å². The molecule has 0 spiro atoms. The van der Waals surface area contributed by atoms with Crippen LogP contribution in [0, 0.1) is 0 Å². The van der Waals surface area contributed by atoms with E-state index in [-0.39, 0.29) is 18.5 Å². The second-order valence-corrected chi connectivity index (χ2v) is 6.01. The summed E-state index contributed by atoms with van der Waals surface area (Å²) in [5.41, 5.74) is 2.78. The highest BCUT2D eigenvalue weighted by Gasteiger charge is 2.14. The van der Waals surface area contributed by atoms with Crippen LogP contribution in [-0.2, 0) is 4.79 Å². The Hall–Kier alpha value is -2.69. The molecule has 0 saturated heterocycles. The summed E-state index contributed by atoms with van der Waals surface area (Å²) in [6.45, 7) is 0.168. The number of carbonyl (C=O) groups is 1. The summed E-state index contributed by atoms with van der Waals surface area (Å²) >= 11 is 5.89. The molecule has 25 heavy (non-hydrogen) atoms. The number of hydrogen-bond acceptors (Lipinski definition) is 3. The van der Waals surface area contributed by atoms with E-state index in [1.807, 2.05) is 60.7 Å². The molecule has 3 aromatic rings. The maximum Gasteiger partial charge on any atom is 0.238 e. The van der Waals surface area contributed by atoms with E-state index in [0.29, 0.717) is 10.7 Å². The average Bonchev–Trinajstić information content (AvgIpc) is 2.64. The summed E-state index contributed by atoms with van der Waals surface area (Å²) in [5, 5.41) is 6.60. The Morgan fingerprint density at radius 1 is 0.960 bits per heavy atom. The van der Waals surface area contributed by atoms with Crippen LogP contribution in [-0.4, -0.2) is 17.4 Å². The molecule has 4 nitrogen and oxygen atoms in total. The third-order valence-electron chi connectivity index (χ3n) is 3.72. The summed E-state index contributed by atoms with van der Waals surface area (Å²) < 4.78 is 0. The van der Waals surface area contributed by atoms with Gasteiger partial charge in [0.05, 0.1) is 29.5 Å². The molecule has 0 unspecified atom stereocenters. The molecule has 0 fully saturated rings. The van der Waals surface area contributed by atoms with Crippen molar-refractivity contribution in [1.29, 1.82) is 0 Å². The van der Waals surface area contributed by atoms with E-state index in [1.165, 1.54) is 6.20 Å². The van der Waals surface area contributed by atoms with Gasteiger partial charge < -0.3 is 5.32 Å². The first-order valence-corrected chi connectivity index (χ1v) is 8.34. The van der Waals surface area contributed by atoms with E-state index >= 15 is 0 Å². The number of nitrogens with one attached hydrogen (secondary N) is 2. The molecule has 2 aromatic carbocycles. The molecule has 0 saturated carbocycles. The zero-order valence-electron chi connectivity index (χ0n) is 13.5. The minimum Gasteiger partial charge on any atom is -0.324 e. The molecule has 126 valence electrons. The van der Waals surface area contributed by atoms with Crippen LogP contribution in [0.25, 0.3) is 0 Å². The zero-order chi connectivity index (χ0) is 17.5. The molecule has 0 atom stereocenters. The Balaban J connectivity index is 1.70. The van der Waals surface area contributed by atoms with Crippen LogP contribution in [0.5, 0.6) is 0 Å². The lowest BCUT2D eigenvalue weighted by molar-refractivity contribution is -0.115. The maximum atomic E-state index is 12.2. The predicted molar refractivity (Wildman–Crippen MR) is 101 cm³/mol. The second-order valence-electron chi connectivity index (χ2n) is 5.58. The van der Waals surface area contributed by atoms with Crippen LogP contribution in [0.15, 0.2) is 79.1 Å². The molecule has 1 aromatic heterocycles. The number of nitrogens with zero attached hydrogens (tertiary/aromatic N) is 1. The number of benzene rings is 2.